The van der Waals surface area contributed by atoms with E-state index in [2.05, 4.69) is 53.4 Å². The maximum Gasteiger partial charge on any atom is 0.263 e. The first-order valence-corrected chi connectivity index (χ1v) is 11.2. The van der Waals surface area contributed by atoms with Gasteiger partial charge >= 0.3 is 0 Å². The highest BCUT2D eigenvalue weighted by atomic mass is 19.1. The summed E-state index contributed by atoms with van der Waals surface area (Å²) < 4.78 is 19.0. The van der Waals surface area contributed by atoms with Gasteiger partial charge in [-0.1, -0.05) is 67.6 Å². The van der Waals surface area contributed by atoms with Gasteiger partial charge in [0.25, 0.3) is 5.91 Å². The van der Waals surface area contributed by atoms with E-state index in [1.54, 1.807) is 12.1 Å². The van der Waals surface area contributed by atoms with Crippen LogP contribution in [0.5, 0.6) is 5.75 Å². The molecule has 0 aromatic heterocycles. The van der Waals surface area contributed by atoms with Crippen molar-refractivity contribution < 1.29 is 13.9 Å². The number of carbonyl (C=O) groups is 1. The molecule has 1 fully saturated rings. The number of carbonyl (C=O) groups excluding carboxylic acids is 1. The van der Waals surface area contributed by atoms with Crippen molar-refractivity contribution in [3.05, 3.63) is 102 Å². The minimum atomic E-state index is -0.564. The van der Waals surface area contributed by atoms with Crippen molar-refractivity contribution in [3.63, 3.8) is 0 Å². The number of rotatable bonds is 7. The number of ether oxygens (including phenoxy) is 1. The smallest absolute Gasteiger partial charge is 0.263 e. The second-order valence-corrected chi connectivity index (χ2v) is 8.05. The fourth-order valence-electron chi connectivity index (χ4n) is 4.27. The summed E-state index contributed by atoms with van der Waals surface area (Å²) in [5.74, 6) is 0.185. The van der Waals surface area contributed by atoms with Crippen molar-refractivity contribution in [1.82, 2.24) is 9.80 Å². The molecule has 3 aromatic carbocycles. The summed E-state index contributed by atoms with van der Waals surface area (Å²) in [4.78, 5) is 17.5. The Balaban J connectivity index is 1.43. The minimum Gasteiger partial charge on any atom is -0.481 e. The van der Waals surface area contributed by atoms with E-state index in [0.29, 0.717) is 25.3 Å². The van der Waals surface area contributed by atoms with Crippen molar-refractivity contribution in [3.8, 4) is 5.75 Å². The molecule has 1 saturated heterocycles. The maximum absolute atomic E-state index is 13.2. The van der Waals surface area contributed by atoms with E-state index in [4.69, 9.17) is 4.74 Å². The van der Waals surface area contributed by atoms with Crippen molar-refractivity contribution in [2.75, 3.05) is 26.2 Å². The Morgan fingerprint density at radius 3 is 1.88 bits per heavy atom. The molecule has 0 radical (unpaired) electrons. The zero-order valence-electron chi connectivity index (χ0n) is 18.4. The molecule has 0 aliphatic carbocycles. The van der Waals surface area contributed by atoms with Gasteiger partial charge in [0.1, 0.15) is 11.6 Å². The highest BCUT2D eigenvalue weighted by molar-refractivity contribution is 5.81. The van der Waals surface area contributed by atoms with Crippen LogP contribution in [-0.2, 0) is 4.79 Å². The molecule has 1 atom stereocenters. The fourth-order valence-corrected chi connectivity index (χ4v) is 4.27. The second-order valence-electron chi connectivity index (χ2n) is 8.05. The predicted molar refractivity (Wildman–Crippen MR) is 124 cm³/mol. The minimum absolute atomic E-state index is 0.00699. The predicted octanol–water partition coefficient (Wildman–Crippen LogP) is 4.92. The lowest BCUT2D eigenvalue weighted by atomic mass is 9.96. The van der Waals surface area contributed by atoms with E-state index in [-0.39, 0.29) is 17.8 Å². The van der Waals surface area contributed by atoms with Crippen LogP contribution in [0, 0.1) is 5.82 Å². The van der Waals surface area contributed by atoms with Gasteiger partial charge < -0.3 is 9.64 Å². The van der Waals surface area contributed by atoms with Gasteiger partial charge in [0.2, 0.25) is 0 Å². The van der Waals surface area contributed by atoms with E-state index in [0.717, 1.165) is 13.1 Å². The van der Waals surface area contributed by atoms with Crippen LogP contribution in [0.25, 0.3) is 0 Å². The van der Waals surface area contributed by atoms with E-state index in [9.17, 15) is 9.18 Å². The Bertz CT molecular complexity index is 948. The zero-order chi connectivity index (χ0) is 22.3. The first kappa shape index (κ1) is 22.0. The summed E-state index contributed by atoms with van der Waals surface area (Å²) >= 11 is 0. The number of benzene rings is 3. The molecule has 166 valence electrons. The lowest BCUT2D eigenvalue weighted by Crippen LogP contribution is -2.53. The third-order valence-electron chi connectivity index (χ3n) is 5.96. The highest BCUT2D eigenvalue weighted by Gasteiger charge is 2.31. The quantitative estimate of drug-likeness (QED) is 0.531. The topological polar surface area (TPSA) is 32.8 Å². The molecule has 4 rings (SSSR count). The summed E-state index contributed by atoms with van der Waals surface area (Å²) in [6, 6.07) is 27.0. The molecule has 0 unspecified atom stereocenters. The van der Waals surface area contributed by atoms with Gasteiger partial charge in [0, 0.05) is 26.2 Å². The Hall–Kier alpha value is -3.18. The van der Waals surface area contributed by atoms with Crippen LogP contribution in [0.1, 0.15) is 30.5 Å². The molecule has 1 heterocycles. The molecule has 0 spiro atoms. The molecule has 0 saturated carbocycles. The summed E-state index contributed by atoms with van der Waals surface area (Å²) in [6.45, 7) is 4.81. The molecule has 0 bridgehead atoms. The van der Waals surface area contributed by atoms with Crippen LogP contribution in [-0.4, -0.2) is 48.0 Å². The number of halogens is 1. The van der Waals surface area contributed by atoms with Gasteiger partial charge in [0.05, 0.1) is 6.04 Å². The summed E-state index contributed by atoms with van der Waals surface area (Å²) in [5.41, 5.74) is 2.51. The van der Waals surface area contributed by atoms with Crippen LogP contribution in [0.15, 0.2) is 84.9 Å². The van der Waals surface area contributed by atoms with Crippen molar-refractivity contribution in [1.29, 1.82) is 0 Å². The SMILES string of the molecule is CC[C@H](Oc1ccc(F)cc1)C(=O)N1CCN(C(c2ccccc2)c2ccccc2)CC1. The summed E-state index contributed by atoms with van der Waals surface area (Å²) in [7, 11) is 0. The van der Waals surface area contributed by atoms with Gasteiger partial charge in [-0.2, -0.15) is 0 Å². The number of hydrogen-bond donors (Lipinski definition) is 0. The van der Waals surface area contributed by atoms with Crippen LogP contribution in [0.2, 0.25) is 0 Å². The van der Waals surface area contributed by atoms with Crippen LogP contribution in [0.4, 0.5) is 4.39 Å². The van der Waals surface area contributed by atoms with Crippen molar-refractivity contribution in [2.45, 2.75) is 25.5 Å². The molecule has 4 nitrogen and oxygen atoms in total. The molecule has 1 aliphatic heterocycles. The van der Waals surface area contributed by atoms with Crippen LogP contribution >= 0.6 is 0 Å². The molecule has 0 N–H and O–H groups in total. The maximum atomic E-state index is 13.2. The number of hydrogen-bond acceptors (Lipinski definition) is 3. The van der Waals surface area contributed by atoms with Gasteiger partial charge in [0.15, 0.2) is 6.10 Å². The lowest BCUT2D eigenvalue weighted by molar-refractivity contribution is -0.140. The Morgan fingerprint density at radius 1 is 0.844 bits per heavy atom. The highest BCUT2D eigenvalue weighted by Crippen LogP contribution is 2.29. The summed E-state index contributed by atoms with van der Waals surface area (Å²) in [6.07, 6.45) is -0.00126. The Morgan fingerprint density at radius 2 is 1.38 bits per heavy atom. The number of nitrogens with zero attached hydrogens (tertiary/aromatic N) is 2. The van der Waals surface area contributed by atoms with E-state index < -0.39 is 6.10 Å². The molecular weight excluding hydrogens is 403 g/mol. The molecule has 3 aromatic rings. The Kier molecular flexibility index (Phi) is 7.17. The van der Waals surface area contributed by atoms with Crippen molar-refractivity contribution in [2.24, 2.45) is 0 Å². The van der Waals surface area contributed by atoms with Crippen LogP contribution < -0.4 is 4.74 Å². The third-order valence-corrected chi connectivity index (χ3v) is 5.96. The fraction of sp³-hybridized carbons (Fsp3) is 0.296. The zero-order valence-corrected chi connectivity index (χ0v) is 18.4. The molecule has 1 amide bonds. The van der Waals surface area contributed by atoms with E-state index in [1.807, 2.05) is 24.0 Å². The first-order valence-electron chi connectivity index (χ1n) is 11.2. The van der Waals surface area contributed by atoms with Gasteiger partial charge in [-0.15, -0.1) is 0 Å². The molecule has 5 heteroatoms. The van der Waals surface area contributed by atoms with Gasteiger partial charge in [-0.05, 0) is 41.8 Å². The number of piperazine rings is 1. The standard InChI is InChI=1S/C27H29FN2O2/c1-2-25(32-24-15-13-23(28)14-16-24)27(31)30-19-17-29(18-20-30)26(21-9-5-3-6-10-21)22-11-7-4-8-12-22/h3-16,25-26H,2,17-20H2,1H3/t25-/m0/s1. The van der Waals surface area contributed by atoms with E-state index >= 15 is 0 Å². The molecule has 1 aliphatic rings. The average molecular weight is 433 g/mol. The third kappa shape index (κ3) is 5.17. The van der Waals surface area contributed by atoms with E-state index in [1.165, 1.54) is 23.3 Å². The summed E-state index contributed by atoms with van der Waals surface area (Å²) in [5, 5.41) is 0. The van der Waals surface area contributed by atoms with Gasteiger partial charge in [-0.25, -0.2) is 4.39 Å². The van der Waals surface area contributed by atoms with Crippen LogP contribution in [0.3, 0.4) is 0 Å². The molecule has 32 heavy (non-hydrogen) atoms. The molecular formula is C27H29FN2O2. The average Bonchev–Trinajstić information content (AvgIpc) is 2.85. The lowest BCUT2D eigenvalue weighted by Gasteiger charge is -2.40. The first-order chi connectivity index (χ1) is 15.7. The van der Waals surface area contributed by atoms with Crippen molar-refractivity contribution >= 4 is 5.91 Å². The van der Waals surface area contributed by atoms with Gasteiger partial charge in [-0.3, -0.25) is 9.69 Å². The second kappa shape index (κ2) is 10.4. The normalized spacial score (nSPS) is 15.5. The Labute approximate surface area is 189 Å². The monoisotopic (exact) mass is 432 g/mol. The number of amides is 1. The largest absolute Gasteiger partial charge is 0.481 e.